The summed E-state index contributed by atoms with van der Waals surface area (Å²) in [6.07, 6.45) is 9.79. The Morgan fingerprint density at radius 1 is 1.22 bits per heavy atom. The highest BCUT2D eigenvalue weighted by Crippen LogP contribution is 2.41. The van der Waals surface area contributed by atoms with Crippen LogP contribution in [0.5, 0.6) is 0 Å². The highest BCUT2D eigenvalue weighted by molar-refractivity contribution is 7.19. The Morgan fingerprint density at radius 3 is 2.83 bits per heavy atom. The van der Waals surface area contributed by atoms with Crippen LogP contribution in [0.15, 0.2) is 0 Å². The van der Waals surface area contributed by atoms with Gasteiger partial charge in [-0.25, -0.2) is 9.97 Å². The molecule has 0 radical (unpaired) electrons. The molecule has 0 saturated carbocycles. The van der Waals surface area contributed by atoms with Crippen LogP contribution in [0.3, 0.4) is 0 Å². The van der Waals surface area contributed by atoms with Crippen molar-refractivity contribution >= 4 is 27.4 Å². The zero-order valence-corrected chi connectivity index (χ0v) is 15.2. The van der Waals surface area contributed by atoms with E-state index in [1.54, 1.807) is 10.4 Å². The molecule has 4 heteroatoms. The lowest BCUT2D eigenvalue weighted by molar-refractivity contribution is 0.509. The number of fused-ring (bicyclic) bond motifs is 3. The highest BCUT2D eigenvalue weighted by atomic mass is 32.1. The molecule has 2 aromatic rings. The van der Waals surface area contributed by atoms with Crippen LogP contribution in [0.2, 0.25) is 0 Å². The van der Waals surface area contributed by atoms with E-state index in [0.29, 0.717) is 0 Å². The number of hydrogen-bond acceptors (Lipinski definition) is 4. The summed E-state index contributed by atoms with van der Waals surface area (Å²) in [6.45, 7) is 6.96. The normalized spacial score (nSPS) is 21.1. The first kappa shape index (κ1) is 15.4. The molecule has 1 atom stereocenters. The Hall–Kier alpha value is -1.16. The average Bonchev–Trinajstić information content (AvgIpc) is 3.18. The molecule has 0 unspecified atom stereocenters. The summed E-state index contributed by atoms with van der Waals surface area (Å²) in [6, 6.07) is 0. The Morgan fingerprint density at radius 2 is 2.04 bits per heavy atom. The number of nitrogens with zero attached hydrogens (tertiary/aromatic N) is 3. The van der Waals surface area contributed by atoms with Crippen LogP contribution in [0.1, 0.15) is 62.2 Å². The molecule has 1 aliphatic carbocycles. The number of hydrogen-bond donors (Lipinski definition) is 0. The van der Waals surface area contributed by atoms with Crippen molar-refractivity contribution in [2.45, 2.75) is 65.2 Å². The molecular formula is C19H27N3S. The van der Waals surface area contributed by atoms with E-state index in [9.17, 15) is 0 Å². The molecule has 0 bridgehead atoms. The van der Waals surface area contributed by atoms with E-state index in [0.717, 1.165) is 18.2 Å². The Labute approximate surface area is 143 Å². The van der Waals surface area contributed by atoms with Gasteiger partial charge in [-0.15, -0.1) is 11.3 Å². The van der Waals surface area contributed by atoms with Crippen LogP contribution in [-0.2, 0) is 19.3 Å². The van der Waals surface area contributed by atoms with Gasteiger partial charge in [0.15, 0.2) is 0 Å². The van der Waals surface area contributed by atoms with Gasteiger partial charge in [-0.2, -0.15) is 0 Å². The van der Waals surface area contributed by atoms with Crippen LogP contribution >= 0.6 is 11.3 Å². The summed E-state index contributed by atoms with van der Waals surface area (Å²) < 4.78 is 0. The fourth-order valence-corrected chi connectivity index (χ4v) is 5.37. The third-order valence-electron chi connectivity index (χ3n) is 5.34. The van der Waals surface area contributed by atoms with Crippen LogP contribution in [0.4, 0.5) is 5.82 Å². The summed E-state index contributed by atoms with van der Waals surface area (Å²) >= 11 is 1.95. The maximum Gasteiger partial charge on any atom is 0.141 e. The van der Waals surface area contributed by atoms with Crippen LogP contribution in [-0.4, -0.2) is 23.1 Å². The molecule has 1 fully saturated rings. The van der Waals surface area contributed by atoms with E-state index >= 15 is 0 Å². The zero-order chi connectivity index (χ0) is 15.8. The van der Waals surface area contributed by atoms with Crippen molar-refractivity contribution in [1.29, 1.82) is 0 Å². The van der Waals surface area contributed by atoms with Crippen molar-refractivity contribution in [1.82, 2.24) is 9.97 Å². The quantitative estimate of drug-likeness (QED) is 0.810. The molecule has 2 aliphatic rings. The maximum atomic E-state index is 5.04. The van der Waals surface area contributed by atoms with Gasteiger partial charge >= 0.3 is 0 Å². The molecule has 1 saturated heterocycles. The minimum atomic E-state index is 0.818. The van der Waals surface area contributed by atoms with Gasteiger partial charge in [-0.3, -0.25) is 0 Å². The molecule has 0 aromatic carbocycles. The number of aryl methyl sites for hydroxylation is 2. The second-order valence-electron chi connectivity index (χ2n) is 7.29. The molecule has 0 spiro atoms. The van der Waals surface area contributed by atoms with Crippen LogP contribution < -0.4 is 4.90 Å². The monoisotopic (exact) mass is 329 g/mol. The maximum absolute atomic E-state index is 5.04. The van der Waals surface area contributed by atoms with Gasteiger partial charge < -0.3 is 4.90 Å². The number of rotatable bonds is 4. The molecule has 0 N–H and O–H groups in total. The minimum Gasteiger partial charge on any atom is -0.356 e. The molecule has 23 heavy (non-hydrogen) atoms. The Balaban J connectivity index is 1.84. The van der Waals surface area contributed by atoms with Crippen molar-refractivity contribution < 1.29 is 0 Å². The van der Waals surface area contributed by atoms with Crippen LogP contribution in [0.25, 0.3) is 10.2 Å². The van der Waals surface area contributed by atoms with Gasteiger partial charge in [0, 0.05) is 24.4 Å². The Kier molecular flexibility index (Phi) is 4.27. The lowest BCUT2D eigenvalue weighted by atomic mass is 9.89. The van der Waals surface area contributed by atoms with Crippen molar-refractivity contribution in [3.63, 3.8) is 0 Å². The molecule has 3 heterocycles. The van der Waals surface area contributed by atoms with E-state index in [1.165, 1.54) is 74.1 Å². The summed E-state index contributed by atoms with van der Waals surface area (Å²) in [5.41, 5.74) is 1.58. The largest absolute Gasteiger partial charge is 0.356 e. The SMILES string of the molecule is CCCCc1nc(N2CCCC2)c2c3c(sc2n1)C[C@H](C)CC3. The van der Waals surface area contributed by atoms with Gasteiger partial charge in [0.25, 0.3) is 0 Å². The van der Waals surface area contributed by atoms with E-state index < -0.39 is 0 Å². The van der Waals surface area contributed by atoms with Gasteiger partial charge in [0.1, 0.15) is 16.5 Å². The number of anilines is 1. The zero-order valence-electron chi connectivity index (χ0n) is 14.4. The van der Waals surface area contributed by atoms with Gasteiger partial charge in [-0.1, -0.05) is 20.3 Å². The van der Waals surface area contributed by atoms with Gasteiger partial charge in [0.05, 0.1) is 5.39 Å². The third-order valence-corrected chi connectivity index (χ3v) is 6.49. The first-order valence-corrected chi connectivity index (χ1v) is 10.1. The number of aromatic nitrogens is 2. The van der Waals surface area contributed by atoms with Crippen molar-refractivity contribution in [2.24, 2.45) is 5.92 Å². The molecule has 1 aliphatic heterocycles. The lowest BCUT2D eigenvalue weighted by Crippen LogP contribution is -2.21. The number of unbranched alkanes of at least 4 members (excludes halogenated alkanes) is 1. The summed E-state index contributed by atoms with van der Waals surface area (Å²) in [5.74, 6) is 3.14. The third kappa shape index (κ3) is 2.86. The first-order valence-electron chi connectivity index (χ1n) is 9.32. The van der Waals surface area contributed by atoms with E-state index in [4.69, 9.17) is 9.97 Å². The molecule has 3 nitrogen and oxygen atoms in total. The Bertz CT molecular complexity index is 700. The van der Waals surface area contributed by atoms with E-state index in [2.05, 4.69) is 18.7 Å². The van der Waals surface area contributed by atoms with Gasteiger partial charge in [0.2, 0.25) is 0 Å². The number of thiophene rings is 1. The summed E-state index contributed by atoms with van der Waals surface area (Å²) in [7, 11) is 0. The molecule has 4 rings (SSSR count). The standard InChI is InChI=1S/C19H27N3S/c1-3-4-7-16-20-18(22-10-5-6-11-22)17-14-9-8-13(2)12-15(14)23-19(17)21-16/h13H,3-12H2,1-2H3/t13-/m1/s1. The second-order valence-corrected chi connectivity index (χ2v) is 8.38. The average molecular weight is 330 g/mol. The summed E-state index contributed by atoms with van der Waals surface area (Å²) in [5, 5.41) is 1.40. The van der Waals surface area contributed by atoms with E-state index in [-0.39, 0.29) is 0 Å². The van der Waals surface area contributed by atoms with Crippen molar-refractivity contribution in [3.8, 4) is 0 Å². The topological polar surface area (TPSA) is 29.0 Å². The van der Waals surface area contributed by atoms with E-state index in [1.807, 2.05) is 11.3 Å². The molecular weight excluding hydrogens is 302 g/mol. The van der Waals surface area contributed by atoms with Crippen LogP contribution in [0, 0.1) is 5.92 Å². The molecule has 2 aromatic heterocycles. The predicted molar refractivity (Wildman–Crippen MR) is 98.7 cm³/mol. The minimum absolute atomic E-state index is 0.818. The summed E-state index contributed by atoms with van der Waals surface area (Å²) in [4.78, 5) is 15.4. The highest BCUT2D eigenvalue weighted by Gasteiger charge is 2.26. The first-order chi connectivity index (χ1) is 11.3. The second kappa shape index (κ2) is 6.39. The van der Waals surface area contributed by atoms with Gasteiger partial charge in [-0.05, 0) is 50.0 Å². The predicted octanol–water partition coefficient (Wildman–Crippen LogP) is 4.76. The van der Waals surface area contributed by atoms with Crippen molar-refractivity contribution in [2.75, 3.05) is 18.0 Å². The molecule has 0 amide bonds. The molecule has 124 valence electrons. The van der Waals surface area contributed by atoms with Crippen molar-refractivity contribution in [3.05, 3.63) is 16.3 Å². The smallest absolute Gasteiger partial charge is 0.141 e. The fourth-order valence-electron chi connectivity index (χ4n) is 3.97. The lowest BCUT2D eigenvalue weighted by Gasteiger charge is -2.21. The fraction of sp³-hybridized carbons (Fsp3) is 0.684.